The summed E-state index contributed by atoms with van der Waals surface area (Å²) in [5.41, 5.74) is 5.33. The zero-order valence-electron chi connectivity index (χ0n) is 17.4. The molecule has 0 aliphatic carbocycles. The molecule has 1 aromatic heterocycles. The van der Waals surface area contributed by atoms with Crippen LogP contribution in [0.5, 0.6) is 0 Å². The molecule has 1 aliphatic rings. The first-order valence-electron chi connectivity index (χ1n) is 10.2. The van der Waals surface area contributed by atoms with Crippen LogP contribution in [0, 0.1) is 0 Å². The number of hydrogen-bond donors (Lipinski definition) is 0. The third-order valence-corrected chi connectivity index (χ3v) is 5.94. The number of hydrogen-bond acceptors (Lipinski definition) is 3. The summed E-state index contributed by atoms with van der Waals surface area (Å²) in [6, 6.07) is 18.6. The van der Waals surface area contributed by atoms with Crippen molar-refractivity contribution in [1.29, 1.82) is 0 Å². The minimum atomic E-state index is 0.0998. The highest BCUT2D eigenvalue weighted by Gasteiger charge is 2.29. The fraction of sp³-hybridized carbons (Fsp3) is 0.333. The summed E-state index contributed by atoms with van der Waals surface area (Å²) in [4.78, 5) is 17.6. The van der Waals surface area contributed by atoms with Crippen LogP contribution in [0.2, 0.25) is 0 Å². The third kappa shape index (κ3) is 3.83. The van der Waals surface area contributed by atoms with Gasteiger partial charge in [-0.15, -0.1) is 0 Å². The van der Waals surface area contributed by atoms with Crippen LogP contribution >= 0.6 is 0 Å². The molecule has 0 spiro atoms. The first-order valence-corrected chi connectivity index (χ1v) is 10.2. The number of benzene rings is 2. The van der Waals surface area contributed by atoms with Gasteiger partial charge in [-0.25, -0.2) is 0 Å². The molecule has 0 bridgehead atoms. The minimum absolute atomic E-state index is 0.0998. The summed E-state index contributed by atoms with van der Waals surface area (Å²) < 4.78 is 1.91. The fourth-order valence-corrected chi connectivity index (χ4v) is 4.22. The number of piperazine rings is 1. The molecular weight excluding hydrogens is 360 g/mol. The van der Waals surface area contributed by atoms with Crippen molar-refractivity contribution in [2.45, 2.75) is 19.4 Å². The van der Waals surface area contributed by atoms with Crippen LogP contribution in [0.15, 0.2) is 60.8 Å². The van der Waals surface area contributed by atoms with Gasteiger partial charge in [-0.1, -0.05) is 49.4 Å². The highest BCUT2D eigenvalue weighted by Crippen LogP contribution is 2.27. The van der Waals surface area contributed by atoms with Gasteiger partial charge in [0.1, 0.15) is 0 Å². The topological polar surface area (TPSA) is 41.4 Å². The quantitative estimate of drug-likeness (QED) is 0.683. The normalized spacial score (nSPS) is 17.5. The van der Waals surface area contributed by atoms with Crippen molar-refractivity contribution in [3.63, 3.8) is 0 Å². The van der Waals surface area contributed by atoms with Crippen molar-refractivity contribution >= 4 is 5.91 Å². The number of amides is 1. The average Bonchev–Trinajstić information content (AvgIpc) is 3.14. The second-order valence-corrected chi connectivity index (χ2v) is 7.72. The zero-order chi connectivity index (χ0) is 20.4. The maximum absolute atomic E-state index is 13.3. The molecule has 5 heteroatoms. The summed E-state index contributed by atoms with van der Waals surface area (Å²) in [5, 5.41) is 4.40. The second-order valence-electron chi connectivity index (χ2n) is 7.72. The van der Waals surface area contributed by atoms with Crippen molar-refractivity contribution in [2.24, 2.45) is 7.05 Å². The van der Waals surface area contributed by atoms with E-state index in [0.29, 0.717) is 6.54 Å². The molecule has 1 aliphatic heterocycles. The Kier molecular flexibility index (Phi) is 5.49. The van der Waals surface area contributed by atoms with Crippen LogP contribution in [0.1, 0.15) is 34.6 Å². The van der Waals surface area contributed by atoms with Gasteiger partial charge < -0.3 is 4.90 Å². The van der Waals surface area contributed by atoms with E-state index in [4.69, 9.17) is 0 Å². The molecule has 2 heterocycles. The van der Waals surface area contributed by atoms with Crippen LogP contribution in [0.25, 0.3) is 11.1 Å². The number of carbonyl (C=O) groups is 1. The van der Waals surface area contributed by atoms with E-state index >= 15 is 0 Å². The molecule has 29 heavy (non-hydrogen) atoms. The average molecular weight is 389 g/mol. The maximum Gasteiger partial charge on any atom is 0.253 e. The van der Waals surface area contributed by atoms with E-state index in [-0.39, 0.29) is 11.9 Å². The number of rotatable bonds is 4. The molecule has 1 amide bonds. The van der Waals surface area contributed by atoms with E-state index in [1.54, 1.807) is 0 Å². The van der Waals surface area contributed by atoms with Crippen molar-refractivity contribution in [2.75, 3.05) is 26.7 Å². The van der Waals surface area contributed by atoms with E-state index in [2.05, 4.69) is 54.3 Å². The molecule has 0 N–H and O–H groups in total. The first kappa shape index (κ1) is 19.4. The molecule has 1 fully saturated rings. The van der Waals surface area contributed by atoms with Gasteiger partial charge >= 0.3 is 0 Å². The number of aryl methyl sites for hydroxylation is 1. The molecule has 3 aromatic rings. The van der Waals surface area contributed by atoms with Crippen LogP contribution in [-0.2, 0) is 13.5 Å². The lowest BCUT2D eigenvalue weighted by atomic mass is 10.00. The number of nitrogens with zero attached hydrogens (tertiary/aromatic N) is 4. The molecule has 0 unspecified atom stereocenters. The zero-order valence-corrected chi connectivity index (χ0v) is 17.4. The molecule has 4 rings (SSSR count). The molecule has 5 nitrogen and oxygen atoms in total. The van der Waals surface area contributed by atoms with Gasteiger partial charge in [-0.3, -0.25) is 14.4 Å². The Bertz CT molecular complexity index is 995. The third-order valence-electron chi connectivity index (χ3n) is 5.94. The van der Waals surface area contributed by atoms with Gasteiger partial charge in [0.2, 0.25) is 0 Å². The Balaban J connectivity index is 1.58. The van der Waals surface area contributed by atoms with Crippen LogP contribution in [-0.4, -0.2) is 52.2 Å². The Morgan fingerprint density at radius 3 is 2.62 bits per heavy atom. The van der Waals surface area contributed by atoms with Crippen LogP contribution in [0.3, 0.4) is 0 Å². The number of aromatic nitrogens is 2. The first-order chi connectivity index (χ1) is 14.1. The van der Waals surface area contributed by atoms with Crippen molar-refractivity contribution in [3.05, 3.63) is 77.6 Å². The molecule has 2 aromatic carbocycles. The van der Waals surface area contributed by atoms with E-state index in [1.165, 1.54) is 11.3 Å². The molecule has 1 atom stereocenters. The maximum atomic E-state index is 13.3. The SMILES string of the molecule is CCc1c(-c2cccc(C(=O)N3CCN(C)[C@@H](c4ccccc4)C3)c2)cnn1C. The number of carbonyl (C=O) groups excluding carboxylic acids is 1. The molecular formula is C24H28N4O. The van der Waals surface area contributed by atoms with Gasteiger partial charge in [0.25, 0.3) is 5.91 Å². The summed E-state index contributed by atoms with van der Waals surface area (Å²) in [6.07, 6.45) is 2.80. The van der Waals surface area contributed by atoms with Crippen LogP contribution in [0.4, 0.5) is 0 Å². The number of likely N-dealkylation sites (N-methyl/N-ethyl adjacent to an activating group) is 1. The summed E-state index contributed by atoms with van der Waals surface area (Å²) in [6.45, 7) is 4.45. The Labute approximate surface area is 172 Å². The molecule has 150 valence electrons. The predicted molar refractivity (Wildman–Crippen MR) is 116 cm³/mol. The lowest BCUT2D eigenvalue weighted by Crippen LogP contribution is -2.49. The molecule has 1 saturated heterocycles. The smallest absolute Gasteiger partial charge is 0.253 e. The Hall–Kier alpha value is -2.92. The lowest BCUT2D eigenvalue weighted by Gasteiger charge is -2.39. The second kappa shape index (κ2) is 8.21. The van der Waals surface area contributed by atoms with E-state index in [1.807, 2.05) is 47.1 Å². The predicted octanol–water partition coefficient (Wildman–Crippen LogP) is 3.78. The van der Waals surface area contributed by atoms with Gasteiger partial charge in [-0.05, 0) is 36.7 Å². The van der Waals surface area contributed by atoms with E-state index in [0.717, 1.165) is 36.2 Å². The van der Waals surface area contributed by atoms with Gasteiger partial charge in [0.15, 0.2) is 0 Å². The van der Waals surface area contributed by atoms with Gasteiger partial charge in [0.05, 0.1) is 12.2 Å². The lowest BCUT2D eigenvalue weighted by molar-refractivity contribution is 0.0546. The summed E-state index contributed by atoms with van der Waals surface area (Å²) in [7, 11) is 4.10. The van der Waals surface area contributed by atoms with Crippen molar-refractivity contribution in [1.82, 2.24) is 19.6 Å². The van der Waals surface area contributed by atoms with E-state index < -0.39 is 0 Å². The van der Waals surface area contributed by atoms with Crippen molar-refractivity contribution in [3.8, 4) is 11.1 Å². The molecule has 0 saturated carbocycles. The van der Waals surface area contributed by atoms with Crippen molar-refractivity contribution < 1.29 is 4.79 Å². The summed E-state index contributed by atoms with van der Waals surface area (Å²) >= 11 is 0. The summed E-state index contributed by atoms with van der Waals surface area (Å²) in [5.74, 6) is 0.0998. The van der Waals surface area contributed by atoms with Gasteiger partial charge in [-0.2, -0.15) is 5.10 Å². The highest BCUT2D eigenvalue weighted by atomic mass is 16.2. The fourth-order valence-electron chi connectivity index (χ4n) is 4.22. The van der Waals surface area contributed by atoms with Crippen LogP contribution < -0.4 is 0 Å². The minimum Gasteiger partial charge on any atom is -0.335 e. The molecule has 0 radical (unpaired) electrons. The van der Waals surface area contributed by atoms with E-state index in [9.17, 15) is 4.79 Å². The van der Waals surface area contributed by atoms with Gasteiger partial charge in [0, 0.05) is 43.5 Å². The Morgan fingerprint density at radius 1 is 1.07 bits per heavy atom. The Morgan fingerprint density at radius 2 is 1.86 bits per heavy atom. The monoisotopic (exact) mass is 388 g/mol. The highest BCUT2D eigenvalue weighted by molar-refractivity contribution is 5.95. The standard InChI is InChI=1S/C24H28N4O/c1-4-22-21(16-25-27(22)3)19-11-8-12-20(15-19)24(29)28-14-13-26(2)23(17-28)18-9-6-5-7-10-18/h5-12,15-16,23H,4,13-14,17H2,1-3H3/t23-/m1/s1. The largest absolute Gasteiger partial charge is 0.335 e.